The Hall–Kier alpha value is -2.95. The van der Waals surface area contributed by atoms with Crippen LogP contribution in [-0.4, -0.2) is 50.2 Å². The summed E-state index contributed by atoms with van der Waals surface area (Å²) in [6.07, 6.45) is -0.770. The molecule has 2 aromatic heterocycles. The highest BCUT2D eigenvalue weighted by Gasteiger charge is 2.31. The lowest BCUT2D eigenvalue weighted by atomic mass is 10.1. The number of aryl methyl sites for hydroxylation is 1. The zero-order valence-corrected chi connectivity index (χ0v) is 16.1. The molecule has 1 saturated heterocycles. The van der Waals surface area contributed by atoms with Gasteiger partial charge in [-0.2, -0.15) is 9.49 Å². The first-order chi connectivity index (χ1) is 13.1. The molecular formula is C17H23FN6O4. The zero-order chi connectivity index (χ0) is 20.5. The number of carbonyl (C=O) groups is 2. The topological polar surface area (TPSA) is 123 Å². The van der Waals surface area contributed by atoms with Gasteiger partial charge in [0, 0.05) is 31.1 Å². The minimum Gasteiger partial charge on any atom is -0.444 e. The first kappa shape index (κ1) is 19.8. The fourth-order valence-corrected chi connectivity index (χ4v) is 2.77. The maximum atomic E-state index is 13.1. The first-order valence-electron chi connectivity index (χ1n) is 8.77. The van der Waals surface area contributed by atoms with Gasteiger partial charge < -0.3 is 20.1 Å². The Bertz CT molecular complexity index is 871. The summed E-state index contributed by atoms with van der Waals surface area (Å²) in [5, 5.41) is 15.6. The molecule has 152 valence electrons. The van der Waals surface area contributed by atoms with Crippen molar-refractivity contribution in [2.45, 2.75) is 44.9 Å². The summed E-state index contributed by atoms with van der Waals surface area (Å²) < 4.78 is 25.3. The number of nitrogens with one attached hydrogen (secondary N) is 3. The van der Waals surface area contributed by atoms with Crippen molar-refractivity contribution in [1.29, 1.82) is 0 Å². The van der Waals surface area contributed by atoms with E-state index in [2.05, 4.69) is 25.9 Å². The number of alkyl carbamates (subject to hydrolysis) is 1. The fraction of sp³-hybridized carbons (Fsp3) is 0.529. The van der Waals surface area contributed by atoms with Gasteiger partial charge in [-0.15, -0.1) is 5.10 Å². The van der Waals surface area contributed by atoms with Crippen LogP contribution in [-0.2, 0) is 16.5 Å². The van der Waals surface area contributed by atoms with E-state index in [9.17, 15) is 14.0 Å². The zero-order valence-electron chi connectivity index (χ0n) is 16.1. The molecule has 2 amide bonds. The highest BCUT2D eigenvalue weighted by Crippen LogP contribution is 2.30. The molecule has 1 fully saturated rings. The number of halogens is 1. The second kappa shape index (κ2) is 7.58. The Kier molecular flexibility index (Phi) is 5.36. The van der Waals surface area contributed by atoms with Gasteiger partial charge >= 0.3 is 6.09 Å². The maximum absolute atomic E-state index is 13.1. The number of hydrogen-bond acceptors (Lipinski definition) is 6. The number of aromatic amines is 1. The van der Waals surface area contributed by atoms with Gasteiger partial charge in [0.15, 0.2) is 5.82 Å². The van der Waals surface area contributed by atoms with Crippen LogP contribution >= 0.6 is 0 Å². The van der Waals surface area contributed by atoms with Crippen LogP contribution < -0.4 is 10.6 Å². The Morgan fingerprint density at radius 2 is 2.14 bits per heavy atom. The van der Waals surface area contributed by atoms with E-state index in [0.29, 0.717) is 12.1 Å². The smallest absolute Gasteiger partial charge is 0.407 e. The molecule has 11 heteroatoms. The molecule has 0 aliphatic carbocycles. The van der Waals surface area contributed by atoms with Crippen molar-refractivity contribution >= 4 is 17.8 Å². The van der Waals surface area contributed by atoms with Crippen molar-refractivity contribution in [3.63, 3.8) is 0 Å². The molecule has 28 heavy (non-hydrogen) atoms. The van der Waals surface area contributed by atoms with Crippen molar-refractivity contribution in [1.82, 2.24) is 25.3 Å². The minimum absolute atomic E-state index is 0.0671. The van der Waals surface area contributed by atoms with Gasteiger partial charge in [0.2, 0.25) is 5.95 Å². The van der Waals surface area contributed by atoms with Gasteiger partial charge in [-0.05, 0) is 20.8 Å². The molecule has 3 N–H and O–H groups in total. The van der Waals surface area contributed by atoms with E-state index in [4.69, 9.17) is 9.47 Å². The lowest BCUT2D eigenvalue weighted by molar-refractivity contribution is 0.0661. The Morgan fingerprint density at radius 3 is 2.79 bits per heavy atom. The number of aromatic nitrogens is 4. The van der Waals surface area contributed by atoms with E-state index < -0.39 is 17.9 Å². The van der Waals surface area contributed by atoms with E-state index >= 15 is 0 Å². The number of hydrogen-bond donors (Lipinski definition) is 3. The SMILES string of the molecule is Cn1nc(F)cc1C(=O)Nc1cc([C@@H]2C[C@H](OC(=O)NC(C)(C)C)CO2)[nH]n1. The van der Waals surface area contributed by atoms with Crippen LogP contribution in [0.3, 0.4) is 0 Å². The number of anilines is 1. The summed E-state index contributed by atoms with van der Waals surface area (Å²) >= 11 is 0. The standard InChI is InChI=1S/C17H23FN6O4/c1-17(2,3)20-16(26)28-9-5-12(27-8-9)10-6-14(22-21-10)19-15(25)11-7-13(18)23-24(11)4/h6-7,9,12H,5,8H2,1-4H3,(H,20,26)(H2,19,21,22,25)/t9-,12-/m0/s1. The van der Waals surface area contributed by atoms with E-state index in [1.807, 2.05) is 20.8 Å². The minimum atomic E-state index is -0.740. The quantitative estimate of drug-likeness (QED) is 0.728. The van der Waals surface area contributed by atoms with Crippen molar-refractivity contribution in [3.8, 4) is 0 Å². The summed E-state index contributed by atoms with van der Waals surface area (Å²) in [7, 11) is 1.47. The molecule has 0 spiro atoms. The van der Waals surface area contributed by atoms with Gasteiger partial charge in [-0.1, -0.05) is 0 Å². The molecule has 2 aromatic rings. The van der Waals surface area contributed by atoms with Gasteiger partial charge in [-0.3, -0.25) is 14.6 Å². The predicted octanol–water partition coefficient (Wildman–Crippen LogP) is 1.89. The van der Waals surface area contributed by atoms with Gasteiger partial charge in [0.1, 0.15) is 17.9 Å². The summed E-state index contributed by atoms with van der Waals surface area (Å²) in [4.78, 5) is 24.0. The number of rotatable bonds is 4. The molecule has 3 rings (SSSR count). The van der Waals surface area contributed by atoms with Crippen LogP contribution in [0.1, 0.15) is 49.5 Å². The molecule has 3 heterocycles. The van der Waals surface area contributed by atoms with Crippen LogP contribution in [0.15, 0.2) is 12.1 Å². The Morgan fingerprint density at radius 1 is 1.39 bits per heavy atom. The largest absolute Gasteiger partial charge is 0.444 e. The van der Waals surface area contributed by atoms with Gasteiger partial charge in [0.25, 0.3) is 5.91 Å². The molecule has 10 nitrogen and oxygen atoms in total. The second-order valence-electron chi connectivity index (χ2n) is 7.60. The van der Waals surface area contributed by atoms with Crippen LogP contribution in [0.5, 0.6) is 0 Å². The summed E-state index contributed by atoms with van der Waals surface area (Å²) in [6.45, 7) is 5.85. The van der Waals surface area contributed by atoms with Crippen LogP contribution in [0, 0.1) is 5.95 Å². The predicted molar refractivity (Wildman–Crippen MR) is 96.2 cm³/mol. The fourth-order valence-electron chi connectivity index (χ4n) is 2.77. The van der Waals surface area contributed by atoms with E-state index in [-0.39, 0.29) is 35.9 Å². The number of nitrogens with zero attached hydrogens (tertiary/aromatic N) is 3. The van der Waals surface area contributed by atoms with Crippen LogP contribution in [0.25, 0.3) is 0 Å². The van der Waals surface area contributed by atoms with Crippen LogP contribution in [0.2, 0.25) is 0 Å². The van der Waals surface area contributed by atoms with Crippen molar-refractivity contribution < 1.29 is 23.5 Å². The van der Waals surface area contributed by atoms with E-state index in [0.717, 1.165) is 10.7 Å². The summed E-state index contributed by atoms with van der Waals surface area (Å²) in [5.74, 6) is -1.01. The van der Waals surface area contributed by atoms with Crippen molar-refractivity contribution in [3.05, 3.63) is 29.5 Å². The van der Waals surface area contributed by atoms with Crippen molar-refractivity contribution in [2.24, 2.45) is 7.05 Å². The van der Waals surface area contributed by atoms with E-state index in [1.165, 1.54) is 7.05 Å². The Balaban J connectivity index is 1.55. The highest BCUT2D eigenvalue weighted by molar-refractivity contribution is 6.02. The Labute approximate surface area is 160 Å². The highest BCUT2D eigenvalue weighted by atomic mass is 19.1. The molecule has 0 radical (unpaired) electrons. The molecule has 0 saturated carbocycles. The van der Waals surface area contributed by atoms with Gasteiger partial charge in [-0.25, -0.2) is 4.79 Å². The van der Waals surface area contributed by atoms with Crippen LogP contribution in [0.4, 0.5) is 15.0 Å². The normalized spacial score (nSPS) is 19.5. The molecule has 1 aliphatic heterocycles. The second-order valence-corrected chi connectivity index (χ2v) is 7.60. The third kappa shape index (κ3) is 4.85. The number of H-pyrrole nitrogens is 1. The summed E-state index contributed by atoms with van der Waals surface area (Å²) in [6, 6.07) is 2.65. The average molecular weight is 394 g/mol. The van der Waals surface area contributed by atoms with Crippen molar-refractivity contribution in [2.75, 3.05) is 11.9 Å². The lowest BCUT2D eigenvalue weighted by Gasteiger charge is -2.21. The molecule has 0 aromatic carbocycles. The lowest BCUT2D eigenvalue weighted by Crippen LogP contribution is -2.42. The third-order valence-electron chi connectivity index (χ3n) is 3.98. The monoisotopic (exact) mass is 394 g/mol. The first-order valence-corrected chi connectivity index (χ1v) is 8.77. The number of ether oxygens (including phenoxy) is 2. The van der Waals surface area contributed by atoms with E-state index in [1.54, 1.807) is 6.07 Å². The molecule has 0 unspecified atom stereocenters. The number of carbonyl (C=O) groups excluding carboxylic acids is 2. The maximum Gasteiger partial charge on any atom is 0.407 e. The molecule has 2 atom stereocenters. The third-order valence-corrected chi connectivity index (χ3v) is 3.98. The molecule has 0 bridgehead atoms. The molecule has 1 aliphatic rings. The summed E-state index contributed by atoms with van der Waals surface area (Å²) in [5.41, 5.74) is 0.315. The van der Waals surface area contributed by atoms with Gasteiger partial charge in [0.05, 0.1) is 12.3 Å². The molecular weight excluding hydrogens is 371 g/mol. The average Bonchev–Trinajstić information content (AvgIpc) is 3.26. The number of amides is 2.